The van der Waals surface area contributed by atoms with E-state index in [1.807, 2.05) is 0 Å². The first-order valence-electron chi connectivity index (χ1n) is 19.2. The van der Waals surface area contributed by atoms with Crippen molar-refractivity contribution in [2.75, 3.05) is 9.80 Å². The summed E-state index contributed by atoms with van der Waals surface area (Å²) in [6.07, 6.45) is 11.8. The minimum absolute atomic E-state index is 0.0722. The maximum atomic E-state index is 6.98. The second-order valence-electron chi connectivity index (χ2n) is 14.6. The molecular formula is C50H38N2O2. The van der Waals surface area contributed by atoms with Crippen LogP contribution >= 0.6 is 0 Å². The van der Waals surface area contributed by atoms with E-state index in [9.17, 15) is 0 Å². The zero-order valence-electron chi connectivity index (χ0n) is 29.9. The van der Waals surface area contributed by atoms with E-state index in [-0.39, 0.29) is 6.04 Å². The highest BCUT2D eigenvalue weighted by Crippen LogP contribution is 2.48. The number of benzene rings is 7. The number of nitrogens with zero attached hydrogens (tertiary/aromatic N) is 2. The number of allylic oxidation sites excluding steroid dienone is 4. The Morgan fingerprint density at radius 3 is 2.06 bits per heavy atom. The molecule has 2 heterocycles. The molecule has 2 aliphatic rings. The van der Waals surface area contributed by atoms with Gasteiger partial charge >= 0.3 is 0 Å². The van der Waals surface area contributed by atoms with E-state index in [2.05, 4.69) is 174 Å². The summed E-state index contributed by atoms with van der Waals surface area (Å²) in [5, 5.41) is 8.26. The molecule has 2 aliphatic carbocycles. The van der Waals surface area contributed by atoms with Crippen molar-refractivity contribution >= 4 is 77.2 Å². The third-order valence-electron chi connectivity index (χ3n) is 11.5. The average Bonchev–Trinajstić information content (AvgIpc) is 3.82. The van der Waals surface area contributed by atoms with Crippen LogP contribution in [0.1, 0.15) is 43.0 Å². The number of aryl methyl sites for hydroxylation is 1. The van der Waals surface area contributed by atoms with Crippen LogP contribution in [0.5, 0.6) is 0 Å². The SMILES string of the molecule is C1=CCCC(N(c2ccccc2)c2ccc3c(c2)oc2c4ccc(N(c5ccccc5)C5CCCc6c5oc5ccccc65)cc4c4ccccc4c32)=C1. The monoisotopic (exact) mass is 698 g/mol. The lowest BCUT2D eigenvalue weighted by Gasteiger charge is -2.35. The predicted octanol–water partition coefficient (Wildman–Crippen LogP) is 14.2. The Morgan fingerprint density at radius 2 is 1.24 bits per heavy atom. The molecule has 0 bridgehead atoms. The smallest absolute Gasteiger partial charge is 0.143 e. The molecule has 0 aliphatic heterocycles. The molecule has 0 saturated heterocycles. The summed E-state index contributed by atoms with van der Waals surface area (Å²) >= 11 is 0. The van der Waals surface area contributed by atoms with Crippen molar-refractivity contribution in [3.8, 4) is 0 Å². The van der Waals surface area contributed by atoms with Crippen molar-refractivity contribution in [2.24, 2.45) is 0 Å². The normalized spacial score (nSPS) is 15.6. The van der Waals surface area contributed by atoms with Crippen LogP contribution in [-0.2, 0) is 6.42 Å². The van der Waals surface area contributed by atoms with E-state index in [1.165, 1.54) is 32.8 Å². The molecule has 7 aromatic carbocycles. The van der Waals surface area contributed by atoms with Gasteiger partial charge in [0.1, 0.15) is 22.5 Å². The van der Waals surface area contributed by atoms with Gasteiger partial charge in [-0.2, -0.15) is 0 Å². The van der Waals surface area contributed by atoms with Crippen LogP contribution in [0.3, 0.4) is 0 Å². The van der Waals surface area contributed by atoms with E-state index in [0.29, 0.717) is 0 Å². The number of anilines is 4. The van der Waals surface area contributed by atoms with E-state index in [4.69, 9.17) is 8.83 Å². The molecule has 1 unspecified atom stereocenters. The van der Waals surface area contributed by atoms with Gasteiger partial charge < -0.3 is 18.6 Å². The molecule has 9 aromatic rings. The standard InChI is InChI=1S/C50H38N2O2/c1-4-15-33(16-5-1)51(34-17-6-2-7-18-34)37-28-30-43-47(32-37)54-50-42-29-27-36(31-44(42)38-21-10-11-23-40(38)48(43)50)52(35-19-8-3-9-20-35)45-25-14-24-41-39-22-12-13-26-46(39)53-49(41)45/h1-6,8-13,15-17,19-23,26-32,45H,7,14,18,24-25H2. The first kappa shape index (κ1) is 31.0. The maximum absolute atomic E-state index is 6.98. The van der Waals surface area contributed by atoms with Gasteiger partial charge in [-0.25, -0.2) is 0 Å². The molecule has 54 heavy (non-hydrogen) atoms. The Balaban J connectivity index is 1.11. The largest absolute Gasteiger partial charge is 0.459 e. The number of rotatable bonds is 6. The van der Waals surface area contributed by atoms with Crippen LogP contribution < -0.4 is 9.80 Å². The fourth-order valence-electron chi connectivity index (χ4n) is 9.15. The zero-order valence-corrected chi connectivity index (χ0v) is 29.9. The Bertz CT molecular complexity index is 2930. The van der Waals surface area contributed by atoms with Crippen LogP contribution in [0.25, 0.3) is 54.5 Å². The van der Waals surface area contributed by atoms with E-state index in [1.54, 1.807) is 0 Å². The van der Waals surface area contributed by atoms with Crippen LogP contribution in [0.4, 0.5) is 22.7 Å². The van der Waals surface area contributed by atoms with Gasteiger partial charge in [-0.1, -0.05) is 91.0 Å². The van der Waals surface area contributed by atoms with E-state index in [0.717, 1.165) is 93.5 Å². The molecule has 0 spiro atoms. The molecule has 0 fully saturated rings. The average molecular weight is 699 g/mol. The number of fused-ring (bicyclic) bond motifs is 11. The van der Waals surface area contributed by atoms with Crippen molar-refractivity contribution < 1.29 is 8.83 Å². The third-order valence-corrected chi connectivity index (χ3v) is 11.5. The van der Waals surface area contributed by atoms with E-state index >= 15 is 0 Å². The van der Waals surface area contributed by atoms with Gasteiger partial charge in [-0.3, -0.25) is 0 Å². The summed E-state index contributed by atoms with van der Waals surface area (Å²) in [4.78, 5) is 4.87. The number of furan rings is 2. The Morgan fingerprint density at radius 1 is 0.519 bits per heavy atom. The molecular weight excluding hydrogens is 661 g/mol. The fourth-order valence-corrected chi connectivity index (χ4v) is 9.15. The lowest BCUT2D eigenvalue weighted by Crippen LogP contribution is -2.26. The molecule has 0 amide bonds. The van der Waals surface area contributed by atoms with Gasteiger partial charge in [0.15, 0.2) is 0 Å². The first-order valence-corrected chi connectivity index (χ1v) is 19.2. The van der Waals surface area contributed by atoms with E-state index < -0.39 is 0 Å². The summed E-state index contributed by atoms with van der Waals surface area (Å²) in [5.41, 5.74) is 9.96. The third kappa shape index (κ3) is 4.90. The minimum atomic E-state index is 0.0722. The van der Waals surface area contributed by atoms with Gasteiger partial charge in [-0.15, -0.1) is 0 Å². The number of para-hydroxylation sites is 3. The second kappa shape index (κ2) is 12.6. The van der Waals surface area contributed by atoms with Gasteiger partial charge in [0, 0.05) is 61.6 Å². The summed E-state index contributed by atoms with van der Waals surface area (Å²) < 4.78 is 13.7. The summed E-state index contributed by atoms with van der Waals surface area (Å²) in [6, 6.07) is 52.5. The molecule has 0 N–H and O–H groups in total. The Kier molecular flexibility index (Phi) is 7.22. The topological polar surface area (TPSA) is 32.8 Å². The lowest BCUT2D eigenvalue weighted by molar-refractivity contribution is 0.437. The van der Waals surface area contributed by atoms with Crippen molar-refractivity contribution in [3.05, 3.63) is 181 Å². The molecule has 1 atom stereocenters. The summed E-state index contributed by atoms with van der Waals surface area (Å²) in [5.74, 6) is 1.09. The van der Waals surface area contributed by atoms with Crippen LogP contribution in [-0.4, -0.2) is 0 Å². The van der Waals surface area contributed by atoms with Crippen LogP contribution in [0.2, 0.25) is 0 Å². The second-order valence-corrected chi connectivity index (χ2v) is 14.6. The number of hydrogen-bond acceptors (Lipinski definition) is 4. The highest BCUT2D eigenvalue weighted by atomic mass is 16.3. The van der Waals surface area contributed by atoms with Crippen LogP contribution in [0, 0.1) is 0 Å². The maximum Gasteiger partial charge on any atom is 0.143 e. The predicted molar refractivity (Wildman–Crippen MR) is 224 cm³/mol. The van der Waals surface area contributed by atoms with Crippen LogP contribution in [0.15, 0.2) is 178 Å². The molecule has 4 heteroatoms. The highest BCUT2D eigenvalue weighted by Gasteiger charge is 2.33. The van der Waals surface area contributed by atoms with Gasteiger partial charge in [0.2, 0.25) is 0 Å². The zero-order chi connectivity index (χ0) is 35.6. The quantitative estimate of drug-likeness (QED) is 0.162. The lowest BCUT2D eigenvalue weighted by atomic mass is 9.90. The van der Waals surface area contributed by atoms with Crippen molar-refractivity contribution in [3.63, 3.8) is 0 Å². The van der Waals surface area contributed by atoms with Crippen molar-refractivity contribution in [2.45, 2.75) is 38.1 Å². The minimum Gasteiger partial charge on any atom is -0.459 e. The molecule has 2 aromatic heterocycles. The Hall–Kier alpha value is -6.52. The van der Waals surface area contributed by atoms with Gasteiger partial charge in [-0.05, 0) is 115 Å². The summed E-state index contributed by atoms with van der Waals surface area (Å²) in [6.45, 7) is 0. The first-order chi connectivity index (χ1) is 26.8. The molecule has 260 valence electrons. The molecule has 4 nitrogen and oxygen atoms in total. The summed E-state index contributed by atoms with van der Waals surface area (Å²) in [7, 11) is 0. The Labute approximate surface area is 313 Å². The molecule has 0 radical (unpaired) electrons. The van der Waals surface area contributed by atoms with Crippen molar-refractivity contribution in [1.29, 1.82) is 0 Å². The van der Waals surface area contributed by atoms with Gasteiger partial charge in [0.25, 0.3) is 0 Å². The number of hydrogen-bond donors (Lipinski definition) is 0. The highest BCUT2D eigenvalue weighted by molar-refractivity contribution is 6.30. The molecule has 11 rings (SSSR count). The fraction of sp³-hybridized carbons (Fsp3) is 0.120. The molecule has 0 saturated carbocycles. The van der Waals surface area contributed by atoms with Crippen molar-refractivity contribution in [1.82, 2.24) is 0 Å². The van der Waals surface area contributed by atoms with Gasteiger partial charge in [0.05, 0.1) is 6.04 Å².